The molecule has 0 saturated heterocycles. The molecule has 15 heavy (non-hydrogen) atoms. The summed E-state index contributed by atoms with van der Waals surface area (Å²) < 4.78 is 0. The second-order valence-corrected chi connectivity index (χ2v) is 7.76. The molecule has 0 heterocycles. The van der Waals surface area contributed by atoms with Crippen molar-refractivity contribution in [1.82, 2.24) is 0 Å². The van der Waals surface area contributed by atoms with Crippen molar-refractivity contribution in [3.63, 3.8) is 0 Å². The lowest BCUT2D eigenvalue weighted by molar-refractivity contribution is 0.812. The van der Waals surface area contributed by atoms with Gasteiger partial charge >= 0.3 is 0 Å². The van der Waals surface area contributed by atoms with E-state index in [0.717, 1.165) is 0 Å². The topological polar surface area (TPSA) is 0 Å². The Bertz CT molecular complexity index is 82.5. The van der Waals surface area contributed by atoms with E-state index in [1.807, 2.05) is 0 Å². The summed E-state index contributed by atoms with van der Waals surface area (Å²) in [6.07, 6.45) is 8.73. The second kappa shape index (κ2) is 16.4. The van der Waals surface area contributed by atoms with Crippen LogP contribution in [0.2, 0.25) is 18.1 Å². The zero-order valence-electron chi connectivity index (χ0n) is 11.4. The van der Waals surface area contributed by atoms with Crippen LogP contribution in [0.1, 0.15) is 59.3 Å². The summed E-state index contributed by atoms with van der Waals surface area (Å²) in [6, 6.07) is 4.86. The van der Waals surface area contributed by atoms with Crippen molar-refractivity contribution < 1.29 is 0 Å². The molecule has 0 radical (unpaired) electrons. The molecule has 0 aromatic carbocycles. The highest BCUT2D eigenvalue weighted by Gasteiger charge is 2.08. The SMILES string of the molecule is C=C.CCCC[SiH](CCCC)CCCC. The normalized spacial score (nSPS) is 9.87. The lowest BCUT2D eigenvalue weighted by Gasteiger charge is -2.13. The van der Waals surface area contributed by atoms with Crippen LogP contribution in [0.15, 0.2) is 13.2 Å². The van der Waals surface area contributed by atoms with Crippen LogP contribution in [0, 0.1) is 0 Å². The first-order valence-corrected chi connectivity index (χ1v) is 9.30. The van der Waals surface area contributed by atoms with Crippen molar-refractivity contribution in [2.45, 2.75) is 77.4 Å². The molecule has 0 aliphatic heterocycles. The molecular formula is C14H32Si. The average Bonchev–Trinajstić information content (AvgIpc) is 2.31. The van der Waals surface area contributed by atoms with Crippen LogP contribution in [0.3, 0.4) is 0 Å². The minimum Gasteiger partial charge on any atom is -0.106 e. The molecule has 0 saturated carbocycles. The van der Waals surface area contributed by atoms with E-state index in [9.17, 15) is 0 Å². The zero-order valence-corrected chi connectivity index (χ0v) is 12.5. The third kappa shape index (κ3) is 14.0. The summed E-state index contributed by atoms with van der Waals surface area (Å²) in [4.78, 5) is 0. The van der Waals surface area contributed by atoms with Crippen LogP contribution in [0.5, 0.6) is 0 Å². The molecule has 0 unspecified atom stereocenters. The van der Waals surface area contributed by atoms with Gasteiger partial charge in [-0.2, -0.15) is 0 Å². The van der Waals surface area contributed by atoms with Crippen molar-refractivity contribution in [1.29, 1.82) is 0 Å². The molecule has 0 aliphatic carbocycles. The smallest absolute Gasteiger partial charge is 0.0367 e. The lowest BCUT2D eigenvalue weighted by Crippen LogP contribution is -2.11. The van der Waals surface area contributed by atoms with Gasteiger partial charge in [-0.25, -0.2) is 0 Å². The Kier molecular flexibility index (Phi) is 19.0. The van der Waals surface area contributed by atoms with Crippen LogP contribution in [-0.4, -0.2) is 8.80 Å². The van der Waals surface area contributed by atoms with Crippen molar-refractivity contribution in [2.24, 2.45) is 0 Å². The van der Waals surface area contributed by atoms with Gasteiger partial charge in [-0.3, -0.25) is 0 Å². The molecule has 0 bridgehead atoms. The van der Waals surface area contributed by atoms with Crippen molar-refractivity contribution in [3.05, 3.63) is 13.2 Å². The lowest BCUT2D eigenvalue weighted by atomic mass is 10.4. The first-order valence-electron chi connectivity index (χ1n) is 6.85. The Morgan fingerprint density at radius 1 is 0.667 bits per heavy atom. The number of unbranched alkanes of at least 4 members (excludes halogenated alkanes) is 3. The fourth-order valence-electron chi connectivity index (χ4n) is 1.91. The Morgan fingerprint density at radius 3 is 1.13 bits per heavy atom. The first kappa shape index (κ1) is 17.4. The molecule has 0 nitrogen and oxygen atoms in total. The standard InChI is InChI=1S/C12H28Si.C2H4/c1-4-7-10-13(11-8-5-2)12-9-6-3;1-2/h13H,4-12H2,1-3H3;1-2H2. The molecule has 0 rings (SSSR count). The van der Waals surface area contributed by atoms with E-state index in [4.69, 9.17) is 0 Å². The molecule has 0 aromatic rings. The fraction of sp³-hybridized carbons (Fsp3) is 0.857. The Labute approximate surface area is 99.8 Å². The minimum atomic E-state index is -0.287. The number of hydrogen-bond acceptors (Lipinski definition) is 0. The van der Waals surface area contributed by atoms with Crippen molar-refractivity contribution in [3.8, 4) is 0 Å². The van der Waals surface area contributed by atoms with Gasteiger partial charge in [0.1, 0.15) is 0 Å². The van der Waals surface area contributed by atoms with E-state index >= 15 is 0 Å². The van der Waals surface area contributed by atoms with E-state index in [0.29, 0.717) is 0 Å². The van der Waals surface area contributed by atoms with Gasteiger partial charge in [-0.1, -0.05) is 77.4 Å². The van der Waals surface area contributed by atoms with Crippen LogP contribution in [0.4, 0.5) is 0 Å². The first-order chi connectivity index (χ1) is 7.35. The highest BCUT2D eigenvalue weighted by molar-refractivity contribution is 6.58. The van der Waals surface area contributed by atoms with Gasteiger partial charge in [0.15, 0.2) is 0 Å². The van der Waals surface area contributed by atoms with Gasteiger partial charge in [0.25, 0.3) is 0 Å². The van der Waals surface area contributed by atoms with Crippen LogP contribution >= 0.6 is 0 Å². The third-order valence-corrected chi connectivity index (χ3v) is 6.57. The predicted molar refractivity (Wildman–Crippen MR) is 77.5 cm³/mol. The van der Waals surface area contributed by atoms with Gasteiger partial charge < -0.3 is 0 Å². The molecule has 0 fully saturated rings. The van der Waals surface area contributed by atoms with Gasteiger partial charge in [0.2, 0.25) is 0 Å². The second-order valence-electron chi connectivity index (χ2n) is 4.29. The Hall–Kier alpha value is -0.0431. The summed E-state index contributed by atoms with van der Waals surface area (Å²) in [5, 5.41) is 0. The third-order valence-electron chi connectivity index (χ3n) is 2.90. The zero-order chi connectivity index (χ0) is 11.9. The average molecular weight is 228 g/mol. The van der Waals surface area contributed by atoms with E-state index in [-0.39, 0.29) is 8.80 Å². The maximum absolute atomic E-state index is 3.00. The molecule has 0 N–H and O–H groups in total. The number of rotatable bonds is 9. The molecule has 0 amide bonds. The van der Waals surface area contributed by atoms with E-state index < -0.39 is 0 Å². The van der Waals surface area contributed by atoms with Gasteiger partial charge in [0.05, 0.1) is 0 Å². The van der Waals surface area contributed by atoms with Crippen molar-refractivity contribution in [2.75, 3.05) is 0 Å². The highest BCUT2D eigenvalue weighted by atomic mass is 28.3. The largest absolute Gasteiger partial charge is 0.106 e. The maximum atomic E-state index is 3.00. The van der Waals surface area contributed by atoms with E-state index in [1.54, 1.807) is 18.1 Å². The quantitative estimate of drug-likeness (QED) is 0.365. The fourth-order valence-corrected chi connectivity index (χ4v) is 5.73. The van der Waals surface area contributed by atoms with Crippen molar-refractivity contribution >= 4 is 8.80 Å². The molecule has 1 heteroatoms. The Morgan fingerprint density at radius 2 is 0.933 bits per heavy atom. The molecular weight excluding hydrogens is 196 g/mol. The molecule has 0 aromatic heterocycles. The molecule has 0 spiro atoms. The summed E-state index contributed by atoms with van der Waals surface area (Å²) >= 11 is 0. The molecule has 0 atom stereocenters. The van der Waals surface area contributed by atoms with Crippen LogP contribution in [-0.2, 0) is 0 Å². The monoisotopic (exact) mass is 228 g/mol. The summed E-state index contributed by atoms with van der Waals surface area (Å²) in [5.74, 6) is 0. The van der Waals surface area contributed by atoms with Gasteiger partial charge in [0, 0.05) is 8.80 Å². The minimum absolute atomic E-state index is 0.287. The van der Waals surface area contributed by atoms with Crippen LogP contribution < -0.4 is 0 Å². The van der Waals surface area contributed by atoms with Gasteiger partial charge in [-0.15, -0.1) is 13.2 Å². The highest BCUT2D eigenvalue weighted by Crippen LogP contribution is 2.16. The predicted octanol–water partition coefficient (Wildman–Crippen LogP) is 5.42. The number of hydrogen-bond donors (Lipinski definition) is 0. The van der Waals surface area contributed by atoms with E-state index in [1.165, 1.54) is 38.5 Å². The maximum Gasteiger partial charge on any atom is 0.0367 e. The molecule has 92 valence electrons. The summed E-state index contributed by atoms with van der Waals surface area (Å²) in [6.45, 7) is 13.0. The van der Waals surface area contributed by atoms with Crippen LogP contribution in [0.25, 0.3) is 0 Å². The van der Waals surface area contributed by atoms with E-state index in [2.05, 4.69) is 33.9 Å². The summed E-state index contributed by atoms with van der Waals surface area (Å²) in [5.41, 5.74) is 0. The Balaban J connectivity index is 0. The molecule has 0 aliphatic rings. The van der Waals surface area contributed by atoms with Gasteiger partial charge in [-0.05, 0) is 0 Å². The summed E-state index contributed by atoms with van der Waals surface area (Å²) in [7, 11) is -0.287.